The lowest BCUT2D eigenvalue weighted by Gasteiger charge is -2.10. The standard InChI is InChI=1S/C11H14FN5/c1-8(13-2)11-14-15-16-17(11)7-9-5-3-4-6-10(9)12/h3-6,8,13H,7H2,1-2H3. The number of tetrazole rings is 1. The maximum absolute atomic E-state index is 13.5. The second-order valence-corrected chi connectivity index (χ2v) is 3.80. The van der Waals surface area contributed by atoms with Crippen LogP contribution in [0.3, 0.4) is 0 Å². The first-order valence-electron chi connectivity index (χ1n) is 5.39. The van der Waals surface area contributed by atoms with Crippen LogP contribution >= 0.6 is 0 Å². The van der Waals surface area contributed by atoms with Crippen LogP contribution in [0.1, 0.15) is 24.4 Å². The predicted molar refractivity (Wildman–Crippen MR) is 60.8 cm³/mol. The highest BCUT2D eigenvalue weighted by atomic mass is 19.1. The Balaban J connectivity index is 2.25. The molecule has 2 aromatic rings. The van der Waals surface area contributed by atoms with Gasteiger partial charge in [0.05, 0.1) is 12.6 Å². The lowest BCUT2D eigenvalue weighted by molar-refractivity contribution is 0.525. The van der Waals surface area contributed by atoms with E-state index in [9.17, 15) is 4.39 Å². The van der Waals surface area contributed by atoms with Gasteiger partial charge in [-0.1, -0.05) is 18.2 Å². The van der Waals surface area contributed by atoms with Crippen molar-refractivity contribution < 1.29 is 4.39 Å². The number of halogens is 1. The zero-order chi connectivity index (χ0) is 12.3. The molecule has 2 rings (SSSR count). The predicted octanol–water partition coefficient (Wildman–Crippen LogP) is 1.14. The molecule has 0 amide bonds. The largest absolute Gasteiger partial charge is 0.311 e. The van der Waals surface area contributed by atoms with Gasteiger partial charge < -0.3 is 5.32 Å². The highest BCUT2D eigenvalue weighted by molar-refractivity contribution is 5.17. The van der Waals surface area contributed by atoms with Crippen molar-refractivity contribution in [1.29, 1.82) is 0 Å². The Bertz CT molecular complexity index is 496. The van der Waals surface area contributed by atoms with Crippen LogP contribution in [0.4, 0.5) is 4.39 Å². The van der Waals surface area contributed by atoms with E-state index >= 15 is 0 Å². The van der Waals surface area contributed by atoms with Gasteiger partial charge in [-0.3, -0.25) is 0 Å². The average Bonchev–Trinajstić information content (AvgIpc) is 2.79. The van der Waals surface area contributed by atoms with Crippen LogP contribution in [0.2, 0.25) is 0 Å². The maximum Gasteiger partial charge on any atom is 0.168 e. The molecule has 0 spiro atoms. The summed E-state index contributed by atoms with van der Waals surface area (Å²) in [7, 11) is 1.83. The van der Waals surface area contributed by atoms with Crippen LogP contribution in [-0.2, 0) is 6.54 Å². The summed E-state index contributed by atoms with van der Waals surface area (Å²) in [5.74, 6) is 0.446. The van der Waals surface area contributed by atoms with Gasteiger partial charge in [0.25, 0.3) is 0 Å². The van der Waals surface area contributed by atoms with Gasteiger partial charge in [-0.2, -0.15) is 0 Å². The van der Waals surface area contributed by atoms with Gasteiger partial charge in [0, 0.05) is 5.56 Å². The average molecular weight is 235 g/mol. The smallest absolute Gasteiger partial charge is 0.168 e. The first kappa shape index (κ1) is 11.7. The molecule has 1 atom stereocenters. The third-order valence-electron chi connectivity index (χ3n) is 2.66. The molecule has 0 saturated carbocycles. The first-order chi connectivity index (χ1) is 8.22. The molecule has 0 aliphatic rings. The minimum atomic E-state index is -0.244. The highest BCUT2D eigenvalue weighted by Crippen LogP contribution is 2.11. The van der Waals surface area contributed by atoms with Gasteiger partial charge >= 0.3 is 0 Å². The molecule has 0 aliphatic carbocycles. The Morgan fingerprint density at radius 1 is 1.41 bits per heavy atom. The molecule has 1 heterocycles. The molecule has 90 valence electrons. The minimum Gasteiger partial charge on any atom is -0.311 e. The lowest BCUT2D eigenvalue weighted by atomic mass is 10.2. The van der Waals surface area contributed by atoms with Crippen molar-refractivity contribution in [2.45, 2.75) is 19.5 Å². The van der Waals surface area contributed by atoms with Crippen LogP contribution in [0.15, 0.2) is 24.3 Å². The summed E-state index contributed by atoms with van der Waals surface area (Å²) in [6.45, 7) is 2.28. The van der Waals surface area contributed by atoms with Crippen molar-refractivity contribution in [2.75, 3.05) is 7.05 Å². The Labute approximate surface area is 98.6 Å². The van der Waals surface area contributed by atoms with Crippen molar-refractivity contribution in [3.63, 3.8) is 0 Å². The molecule has 1 unspecified atom stereocenters. The van der Waals surface area contributed by atoms with E-state index in [1.807, 2.05) is 14.0 Å². The van der Waals surface area contributed by atoms with Crippen LogP contribution in [0, 0.1) is 5.82 Å². The summed E-state index contributed by atoms with van der Waals surface area (Å²) >= 11 is 0. The molecule has 17 heavy (non-hydrogen) atoms. The second-order valence-electron chi connectivity index (χ2n) is 3.80. The topological polar surface area (TPSA) is 55.6 Å². The Kier molecular flexibility index (Phi) is 3.43. The Morgan fingerprint density at radius 2 is 2.18 bits per heavy atom. The monoisotopic (exact) mass is 235 g/mol. The molecular weight excluding hydrogens is 221 g/mol. The number of benzene rings is 1. The quantitative estimate of drug-likeness (QED) is 0.863. The number of aromatic nitrogens is 4. The van der Waals surface area contributed by atoms with Gasteiger partial charge in [-0.25, -0.2) is 9.07 Å². The van der Waals surface area contributed by atoms with E-state index in [2.05, 4.69) is 20.8 Å². The van der Waals surface area contributed by atoms with Crippen molar-refractivity contribution in [3.8, 4) is 0 Å². The zero-order valence-electron chi connectivity index (χ0n) is 9.76. The van der Waals surface area contributed by atoms with Crippen molar-refractivity contribution in [2.24, 2.45) is 0 Å². The van der Waals surface area contributed by atoms with Crippen molar-refractivity contribution in [1.82, 2.24) is 25.5 Å². The molecule has 1 N–H and O–H groups in total. The number of rotatable bonds is 4. The van der Waals surface area contributed by atoms with Gasteiger partial charge in [0.2, 0.25) is 0 Å². The van der Waals surface area contributed by atoms with Crippen molar-refractivity contribution >= 4 is 0 Å². The summed E-state index contributed by atoms with van der Waals surface area (Å²) in [4.78, 5) is 0. The number of hydrogen-bond donors (Lipinski definition) is 1. The molecule has 0 bridgehead atoms. The van der Waals surface area contributed by atoms with E-state index in [0.717, 1.165) is 0 Å². The van der Waals surface area contributed by atoms with Crippen molar-refractivity contribution in [3.05, 3.63) is 41.5 Å². The molecule has 1 aromatic carbocycles. The normalized spacial score (nSPS) is 12.6. The lowest BCUT2D eigenvalue weighted by Crippen LogP contribution is -2.19. The van der Waals surface area contributed by atoms with E-state index in [-0.39, 0.29) is 11.9 Å². The number of nitrogens with zero attached hydrogens (tertiary/aromatic N) is 4. The highest BCUT2D eigenvalue weighted by Gasteiger charge is 2.13. The second kappa shape index (κ2) is 5.01. The molecule has 0 fully saturated rings. The molecule has 5 nitrogen and oxygen atoms in total. The summed E-state index contributed by atoms with van der Waals surface area (Å²) in [6, 6.07) is 6.64. The first-order valence-corrected chi connectivity index (χ1v) is 5.39. The van der Waals surface area contributed by atoms with E-state index in [4.69, 9.17) is 0 Å². The minimum absolute atomic E-state index is 0.0248. The Morgan fingerprint density at radius 3 is 2.88 bits per heavy atom. The van der Waals surface area contributed by atoms with Crippen LogP contribution < -0.4 is 5.32 Å². The van der Waals surface area contributed by atoms with E-state index in [1.54, 1.807) is 22.9 Å². The fraction of sp³-hybridized carbons (Fsp3) is 0.364. The number of nitrogens with one attached hydrogen (secondary N) is 1. The maximum atomic E-state index is 13.5. The van der Waals surface area contributed by atoms with Gasteiger partial charge in [-0.15, -0.1) is 5.10 Å². The van der Waals surface area contributed by atoms with Gasteiger partial charge in [-0.05, 0) is 30.5 Å². The summed E-state index contributed by atoms with van der Waals surface area (Å²) in [6.07, 6.45) is 0. The van der Waals surface area contributed by atoms with E-state index in [0.29, 0.717) is 17.9 Å². The fourth-order valence-corrected chi connectivity index (χ4v) is 1.55. The van der Waals surface area contributed by atoms with E-state index < -0.39 is 0 Å². The van der Waals surface area contributed by atoms with Crippen LogP contribution in [0.5, 0.6) is 0 Å². The third kappa shape index (κ3) is 2.47. The molecule has 0 radical (unpaired) electrons. The van der Waals surface area contributed by atoms with Crippen LogP contribution in [0.25, 0.3) is 0 Å². The number of hydrogen-bond acceptors (Lipinski definition) is 4. The van der Waals surface area contributed by atoms with Gasteiger partial charge in [0.15, 0.2) is 5.82 Å². The molecule has 0 saturated heterocycles. The van der Waals surface area contributed by atoms with Gasteiger partial charge in [0.1, 0.15) is 5.82 Å². The Hall–Kier alpha value is -1.82. The fourth-order valence-electron chi connectivity index (χ4n) is 1.55. The molecule has 1 aromatic heterocycles. The molecule has 6 heteroatoms. The summed E-state index contributed by atoms with van der Waals surface area (Å²) < 4.78 is 15.1. The molecular formula is C11H14FN5. The van der Waals surface area contributed by atoms with E-state index in [1.165, 1.54) is 6.07 Å². The van der Waals surface area contributed by atoms with Crippen LogP contribution in [-0.4, -0.2) is 27.3 Å². The summed E-state index contributed by atoms with van der Waals surface area (Å²) in [5.41, 5.74) is 0.573. The summed E-state index contributed by atoms with van der Waals surface area (Å²) in [5, 5.41) is 14.5. The zero-order valence-corrected chi connectivity index (χ0v) is 9.76. The third-order valence-corrected chi connectivity index (χ3v) is 2.66. The SMILES string of the molecule is CNC(C)c1nnnn1Cc1ccccc1F. The molecule has 0 aliphatic heterocycles.